The number of rotatable bonds is 6. The van der Waals surface area contributed by atoms with Gasteiger partial charge in [-0.05, 0) is 31.2 Å². The van der Waals surface area contributed by atoms with E-state index in [1.165, 1.54) is 24.8 Å². The molecule has 138 valence electrons. The van der Waals surface area contributed by atoms with E-state index < -0.39 is 0 Å². The number of benzene rings is 1. The molecule has 1 amide bonds. The van der Waals surface area contributed by atoms with Crippen LogP contribution in [0.1, 0.15) is 44.6 Å². The highest BCUT2D eigenvalue weighted by atomic mass is 16.2. The average Bonchev–Trinajstić information content (AvgIpc) is 2.68. The second-order valence-electron chi connectivity index (χ2n) is 7.50. The van der Waals surface area contributed by atoms with Gasteiger partial charge in [-0.1, -0.05) is 37.3 Å². The van der Waals surface area contributed by atoms with Crippen LogP contribution < -0.4 is 0 Å². The van der Waals surface area contributed by atoms with Crippen molar-refractivity contribution in [1.29, 1.82) is 0 Å². The molecule has 1 unspecified atom stereocenters. The summed E-state index contributed by atoms with van der Waals surface area (Å²) in [6.07, 6.45) is 5.45. The largest absolute Gasteiger partial charge is 0.340 e. The fourth-order valence-electron chi connectivity index (χ4n) is 4.16. The summed E-state index contributed by atoms with van der Waals surface area (Å²) in [6, 6.07) is 11.2. The Balaban J connectivity index is 1.38. The molecule has 0 aliphatic carbocycles. The molecular weight excluding hydrogens is 310 g/mol. The van der Waals surface area contributed by atoms with Gasteiger partial charge in [-0.3, -0.25) is 9.69 Å². The van der Waals surface area contributed by atoms with Crippen molar-refractivity contribution in [2.24, 2.45) is 0 Å². The average molecular weight is 344 g/mol. The Morgan fingerprint density at radius 1 is 1.00 bits per heavy atom. The van der Waals surface area contributed by atoms with Gasteiger partial charge in [-0.15, -0.1) is 0 Å². The zero-order valence-corrected chi connectivity index (χ0v) is 15.7. The van der Waals surface area contributed by atoms with E-state index >= 15 is 0 Å². The summed E-state index contributed by atoms with van der Waals surface area (Å²) in [5.74, 6) is 0.373. The summed E-state index contributed by atoms with van der Waals surface area (Å²) in [4.78, 5) is 19.7. The number of nitrogens with zero attached hydrogens (tertiary/aromatic N) is 3. The van der Waals surface area contributed by atoms with Crippen molar-refractivity contribution in [2.45, 2.75) is 51.6 Å². The minimum atomic E-state index is 0.373. The highest BCUT2D eigenvalue weighted by Gasteiger charge is 2.25. The molecule has 1 aromatic rings. The van der Waals surface area contributed by atoms with Gasteiger partial charge in [0.15, 0.2) is 0 Å². The van der Waals surface area contributed by atoms with Gasteiger partial charge in [0.2, 0.25) is 5.91 Å². The molecule has 1 aromatic carbocycles. The van der Waals surface area contributed by atoms with E-state index in [0.29, 0.717) is 18.4 Å². The van der Waals surface area contributed by atoms with Gasteiger partial charge >= 0.3 is 0 Å². The molecule has 25 heavy (non-hydrogen) atoms. The first-order valence-electron chi connectivity index (χ1n) is 10.0. The molecule has 2 heterocycles. The molecule has 4 heteroatoms. The summed E-state index contributed by atoms with van der Waals surface area (Å²) in [5, 5.41) is 0. The molecule has 2 aliphatic heterocycles. The lowest BCUT2D eigenvalue weighted by Crippen LogP contribution is -2.48. The standard InChI is InChI=1S/C21H33N3O/c1-2-20-10-6-7-12-24(20)21(25)11-13-22-14-16-23(17-15-22)18-19-8-4-3-5-9-19/h3-5,8-9,20H,2,6-7,10-18H2,1H3. The van der Waals surface area contributed by atoms with Crippen molar-refractivity contribution >= 4 is 5.91 Å². The number of carbonyl (C=O) groups is 1. The van der Waals surface area contributed by atoms with Crippen molar-refractivity contribution in [3.8, 4) is 0 Å². The number of likely N-dealkylation sites (tertiary alicyclic amines) is 1. The molecule has 0 N–H and O–H groups in total. The molecule has 0 saturated carbocycles. The van der Waals surface area contributed by atoms with Crippen LogP contribution in [0.15, 0.2) is 30.3 Å². The molecule has 0 bridgehead atoms. The second-order valence-corrected chi connectivity index (χ2v) is 7.50. The van der Waals surface area contributed by atoms with Crippen molar-refractivity contribution in [3.05, 3.63) is 35.9 Å². The number of piperidine rings is 1. The van der Waals surface area contributed by atoms with Crippen molar-refractivity contribution in [1.82, 2.24) is 14.7 Å². The predicted molar refractivity (Wildman–Crippen MR) is 102 cm³/mol. The maximum atomic E-state index is 12.6. The minimum absolute atomic E-state index is 0.373. The van der Waals surface area contributed by atoms with E-state index in [9.17, 15) is 4.79 Å². The molecule has 4 nitrogen and oxygen atoms in total. The minimum Gasteiger partial charge on any atom is -0.340 e. The maximum absolute atomic E-state index is 12.6. The highest BCUT2D eigenvalue weighted by Crippen LogP contribution is 2.20. The van der Waals surface area contributed by atoms with Gasteiger partial charge in [0, 0.05) is 58.3 Å². The number of carbonyl (C=O) groups excluding carboxylic acids is 1. The topological polar surface area (TPSA) is 26.8 Å². The maximum Gasteiger partial charge on any atom is 0.224 e. The smallest absolute Gasteiger partial charge is 0.224 e. The van der Waals surface area contributed by atoms with Gasteiger partial charge in [0.1, 0.15) is 0 Å². The third-order valence-electron chi connectivity index (χ3n) is 5.77. The Morgan fingerprint density at radius 2 is 1.72 bits per heavy atom. The Hall–Kier alpha value is -1.39. The molecule has 2 aliphatic rings. The van der Waals surface area contributed by atoms with E-state index in [0.717, 1.165) is 52.2 Å². The van der Waals surface area contributed by atoms with Gasteiger partial charge < -0.3 is 9.80 Å². The Kier molecular flexibility index (Phi) is 6.88. The summed E-state index contributed by atoms with van der Waals surface area (Å²) in [6.45, 7) is 9.51. The van der Waals surface area contributed by atoms with Crippen molar-refractivity contribution in [3.63, 3.8) is 0 Å². The van der Waals surface area contributed by atoms with Gasteiger partial charge in [-0.25, -0.2) is 0 Å². The first kappa shape index (κ1) is 18.4. The first-order valence-corrected chi connectivity index (χ1v) is 10.0. The SMILES string of the molecule is CCC1CCCCN1C(=O)CCN1CCN(Cc2ccccc2)CC1. The molecule has 1 atom stereocenters. The van der Waals surface area contributed by atoms with Crippen LogP contribution in [0, 0.1) is 0 Å². The number of amides is 1. The van der Waals surface area contributed by atoms with E-state index in [4.69, 9.17) is 0 Å². The fraction of sp³-hybridized carbons (Fsp3) is 0.667. The Labute approximate surface area is 152 Å². The third-order valence-corrected chi connectivity index (χ3v) is 5.77. The van der Waals surface area contributed by atoms with Crippen LogP contribution in [0.5, 0.6) is 0 Å². The van der Waals surface area contributed by atoms with Crippen LogP contribution in [0.25, 0.3) is 0 Å². The summed E-state index contributed by atoms with van der Waals surface area (Å²) in [7, 11) is 0. The van der Waals surface area contributed by atoms with E-state index in [1.807, 2.05) is 0 Å². The highest BCUT2D eigenvalue weighted by molar-refractivity contribution is 5.76. The van der Waals surface area contributed by atoms with Gasteiger partial charge in [0.25, 0.3) is 0 Å². The molecule has 0 spiro atoms. The number of piperazine rings is 1. The Bertz CT molecular complexity index is 525. The van der Waals surface area contributed by atoms with E-state index in [-0.39, 0.29) is 0 Å². The normalized spacial score (nSPS) is 22.9. The summed E-state index contributed by atoms with van der Waals surface area (Å²) in [5.41, 5.74) is 1.39. The van der Waals surface area contributed by atoms with E-state index in [2.05, 4.69) is 52.0 Å². The zero-order valence-electron chi connectivity index (χ0n) is 15.7. The zero-order chi connectivity index (χ0) is 17.5. The number of hydrogen-bond donors (Lipinski definition) is 0. The quantitative estimate of drug-likeness (QED) is 0.794. The van der Waals surface area contributed by atoms with Crippen LogP contribution in [-0.2, 0) is 11.3 Å². The third kappa shape index (κ3) is 5.29. The molecular formula is C21H33N3O. The lowest BCUT2D eigenvalue weighted by molar-refractivity contribution is -0.135. The summed E-state index contributed by atoms with van der Waals surface area (Å²) >= 11 is 0. The van der Waals surface area contributed by atoms with Crippen molar-refractivity contribution < 1.29 is 4.79 Å². The van der Waals surface area contributed by atoms with E-state index in [1.54, 1.807) is 0 Å². The lowest BCUT2D eigenvalue weighted by Gasteiger charge is -2.37. The second kappa shape index (κ2) is 9.35. The van der Waals surface area contributed by atoms with Gasteiger partial charge in [0.05, 0.1) is 0 Å². The molecule has 0 aromatic heterocycles. The molecule has 0 radical (unpaired) electrons. The molecule has 3 rings (SSSR count). The lowest BCUT2D eigenvalue weighted by atomic mass is 9.99. The fourth-order valence-corrected chi connectivity index (χ4v) is 4.16. The monoisotopic (exact) mass is 343 g/mol. The Morgan fingerprint density at radius 3 is 2.44 bits per heavy atom. The van der Waals surface area contributed by atoms with Crippen LogP contribution >= 0.6 is 0 Å². The van der Waals surface area contributed by atoms with Crippen LogP contribution in [0.3, 0.4) is 0 Å². The van der Waals surface area contributed by atoms with Crippen molar-refractivity contribution in [2.75, 3.05) is 39.3 Å². The van der Waals surface area contributed by atoms with Crippen LogP contribution in [-0.4, -0.2) is 65.9 Å². The number of hydrogen-bond acceptors (Lipinski definition) is 3. The summed E-state index contributed by atoms with van der Waals surface area (Å²) < 4.78 is 0. The van der Waals surface area contributed by atoms with Gasteiger partial charge in [-0.2, -0.15) is 0 Å². The first-order chi connectivity index (χ1) is 12.3. The predicted octanol–water partition coefficient (Wildman–Crippen LogP) is 2.99. The molecule has 2 fully saturated rings. The molecule has 2 saturated heterocycles. The van der Waals surface area contributed by atoms with Crippen LogP contribution in [0.2, 0.25) is 0 Å². The van der Waals surface area contributed by atoms with Crippen LogP contribution in [0.4, 0.5) is 0 Å².